The van der Waals surface area contributed by atoms with Crippen LogP contribution in [0.25, 0.3) is 0 Å². The van der Waals surface area contributed by atoms with Crippen LogP contribution in [-0.2, 0) is 14.0 Å². The molecule has 0 aromatic carbocycles. The predicted octanol–water partition coefficient (Wildman–Crippen LogP) is 4.88. The van der Waals surface area contributed by atoms with E-state index in [-0.39, 0.29) is 11.0 Å². The van der Waals surface area contributed by atoms with Crippen molar-refractivity contribution in [3.63, 3.8) is 0 Å². The van der Waals surface area contributed by atoms with Crippen molar-refractivity contribution in [2.24, 2.45) is 0 Å². The molecule has 0 aromatic heterocycles. The Bertz CT molecular complexity index is 379. The molecule has 0 atom stereocenters. The number of hydrogen-bond donors (Lipinski definition) is 0. The maximum atomic E-state index is 11.8. The Labute approximate surface area is 152 Å². The van der Waals surface area contributed by atoms with Crippen molar-refractivity contribution in [3.05, 3.63) is 0 Å². The van der Waals surface area contributed by atoms with E-state index < -0.39 is 16.6 Å². The second kappa shape index (κ2) is 10.1. The highest BCUT2D eigenvalue weighted by molar-refractivity contribution is 6.77. The second-order valence-corrected chi connectivity index (χ2v) is 18.2. The summed E-state index contributed by atoms with van der Waals surface area (Å²) in [5.74, 6) is -0.0785. The molecule has 0 aliphatic heterocycles. The minimum absolute atomic E-state index is 0.0785. The van der Waals surface area contributed by atoms with Crippen molar-refractivity contribution < 1.29 is 14.0 Å². The normalized spacial score (nSPS) is 13.4. The van der Waals surface area contributed by atoms with Crippen molar-refractivity contribution >= 4 is 22.5 Å². The fourth-order valence-electron chi connectivity index (χ4n) is 2.76. The van der Waals surface area contributed by atoms with E-state index in [1.54, 1.807) is 0 Å². The molecule has 4 nitrogen and oxygen atoms in total. The van der Waals surface area contributed by atoms with Gasteiger partial charge < -0.3 is 13.7 Å². The molecule has 0 amide bonds. The van der Waals surface area contributed by atoms with E-state index in [0.29, 0.717) is 13.0 Å². The van der Waals surface area contributed by atoms with Crippen LogP contribution in [0.5, 0.6) is 0 Å². The highest BCUT2D eigenvalue weighted by Crippen LogP contribution is 2.38. The molecule has 0 heterocycles. The highest BCUT2D eigenvalue weighted by Gasteiger charge is 2.40. The lowest BCUT2D eigenvalue weighted by Crippen LogP contribution is -2.56. The third kappa shape index (κ3) is 8.27. The summed E-state index contributed by atoms with van der Waals surface area (Å²) in [6.07, 6.45) is 1.64. The van der Waals surface area contributed by atoms with Gasteiger partial charge in [-0.2, -0.15) is 0 Å². The summed E-state index contributed by atoms with van der Waals surface area (Å²) < 4.78 is 13.7. The number of nitrogens with zero attached hydrogens (tertiary/aromatic N) is 1. The van der Waals surface area contributed by atoms with Gasteiger partial charge in [0.25, 0.3) is 0 Å². The maximum Gasteiger partial charge on any atom is 0.307 e. The molecule has 0 aromatic rings. The Morgan fingerprint density at radius 2 is 1.58 bits per heavy atom. The summed E-state index contributed by atoms with van der Waals surface area (Å²) in [5, 5.41) is 0.272. The number of esters is 1. The topological polar surface area (TPSA) is 38.8 Å². The second-order valence-electron chi connectivity index (χ2n) is 8.65. The zero-order valence-electron chi connectivity index (χ0n) is 17.6. The molecule has 0 spiro atoms. The summed E-state index contributed by atoms with van der Waals surface area (Å²) in [6, 6.07) is 1.17. The molecule has 6 heteroatoms. The fraction of sp³-hybridized carbons (Fsp3) is 0.944. The molecule has 24 heavy (non-hydrogen) atoms. The molecule has 0 radical (unpaired) electrons. The zero-order chi connectivity index (χ0) is 19.0. The molecule has 0 saturated heterocycles. The standard InChI is InChI=1S/C18H41NO3Si2/c1-10-21-17(20)13-15-19(24(8,9)18(3,4)5)14-12-16-23(6,7)22-11-2/h10-16H2,1-9H3. The molecule has 144 valence electrons. The van der Waals surface area contributed by atoms with Crippen LogP contribution in [0.15, 0.2) is 0 Å². The summed E-state index contributed by atoms with van der Waals surface area (Å²) in [7, 11) is -3.17. The first-order valence-electron chi connectivity index (χ1n) is 9.42. The summed E-state index contributed by atoms with van der Waals surface area (Å²) in [6.45, 7) is 23.5. The Balaban J connectivity index is 4.84. The van der Waals surface area contributed by atoms with Gasteiger partial charge in [0.05, 0.1) is 13.0 Å². The molecule has 0 aliphatic rings. The van der Waals surface area contributed by atoms with Gasteiger partial charge in [-0.25, -0.2) is 0 Å². The Morgan fingerprint density at radius 3 is 2.04 bits per heavy atom. The van der Waals surface area contributed by atoms with Gasteiger partial charge in [0.2, 0.25) is 0 Å². The van der Waals surface area contributed by atoms with Gasteiger partial charge in [-0.15, -0.1) is 0 Å². The quantitative estimate of drug-likeness (QED) is 0.381. The van der Waals surface area contributed by atoms with E-state index in [9.17, 15) is 4.79 Å². The number of ether oxygens (including phenoxy) is 1. The highest BCUT2D eigenvalue weighted by atomic mass is 28.4. The van der Waals surface area contributed by atoms with Crippen LogP contribution in [0.1, 0.15) is 47.5 Å². The fourth-order valence-corrected chi connectivity index (χ4v) is 7.04. The first kappa shape index (κ1) is 23.8. The van der Waals surface area contributed by atoms with Gasteiger partial charge in [-0.1, -0.05) is 33.9 Å². The van der Waals surface area contributed by atoms with Crippen LogP contribution in [0.2, 0.25) is 37.3 Å². The molecule has 0 rings (SSSR count). The smallest absolute Gasteiger partial charge is 0.307 e. The Morgan fingerprint density at radius 1 is 1.00 bits per heavy atom. The third-order valence-electron chi connectivity index (χ3n) is 5.26. The minimum atomic E-state index is -1.64. The van der Waals surface area contributed by atoms with Gasteiger partial charge in [0.1, 0.15) is 8.24 Å². The van der Waals surface area contributed by atoms with E-state index >= 15 is 0 Å². The van der Waals surface area contributed by atoms with Crippen LogP contribution in [0, 0.1) is 0 Å². The molecule has 0 aliphatic carbocycles. The Kier molecular flexibility index (Phi) is 10.0. The van der Waals surface area contributed by atoms with Crippen LogP contribution >= 0.6 is 0 Å². The SMILES string of the molecule is CCOC(=O)CCN(CCC[Si](C)(C)OCC)[Si](C)(C)C(C)(C)C. The molecular weight excluding hydrogens is 334 g/mol. The number of carbonyl (C=O) groups excluding carboxylic acids is 1. The summed E-state index contributed by atoms with van der Waals surface area (Å²) in [4.78, 5) is 11.8. The van der Waals surface area contributed by atoms with Crippen LogP contribution < -0.4 is 0 Å². The summed E-state index contributed by atoms with van der Waals surface area (Å²) >= 11 is 0. The van der Waals surface area contributed by atoms with Crippen molar-refractivity contribution in [1.82, 2.24) is 4.57 Å². The minimum Gasteiger partial charge on any atom is -0.466 e. The first-order chi connectivity index (χ1) is 10.9. The van der Waals surface area contributed by atoms with Crippen molar-refractivity contribution in [2.45, 2.75) is 84.7 Å². The average molecular weight is 376 g/mol. The lowest BCUT2D eigenvalue weighted by Gasteiger charge is -2.46. The van der Waals surface area contributed by atoms with Crippen molar-refractivity contribution in [1.29, 1.82) is 0 Å². The van der Waals surface area contributed by atoms with E-state index in [1.165, 1.54) is 6.04 Å². The number of rotatable bonds is 11. The summed E-state index contributed by atoms with van der Waals surface area (Å²) in [5.41, 5.74) is 0. The predicted molar refractivity (Wildman–Crippen MR) is 109 cm³/mol. The van der Waals surface area contributed by atoms with Gasteiger partial charge in [-0.3, -0.25) is 4.79 Å². The molecule has 0 bridgehead atoms. The molecular formula is C18H41NO3Si2. The lowest BCUT2D eigenvalue weighted by molar-refractivity contribution is -0.143. The van der Waals surface area contributed by atoms with Crippen molar-refractivity contribution in [2.75, 3.05) is 26.3 Å². The zero-order valence-corrected chi connectivity index (χ0v) is 19.6. The van der Waals surface area contributed by atoms with E-state index in [1.807, 2.05) is 6.92 Å². The third-order valence-corrected chi connectivity index (χ3v) is 13.6. The van der Waals surface area contributed by atoms with Gasteiger partial charge in [-0.05, 0) is 51.0 Å². The number of hydrogen-bond acceptors (Lipinski definition) is 4. The van der Waals surface area contributed by atoms with Gasteiger partial charge in [0.15, 0.2) is 8.32 Å². The Hall–Kier alpha value is -0.176. The largest absolute Gasteiger partial charge is 0.466 e. The van der Waals surface area contributed by atoms with Crippen LogP contribution in [0.3, 0.4) is 0 Å². The molecule has 0 saturated carbocycles. The van der Waals surface area contributed by atoms with Crippen LogP contribution in [-0.4, -0.2) is 53.4 Å². The maximum absolute atomic E-state index is 11.8. The molecule has 0 unspecified atom stereocenters. The van der Waals surface area contributed by atoms with Crippen molar-refractivity contribution in [3.8, 4) is 0 Å². The van der Waals surface area contributed by atoms with E-state index in [2.05, 4.69) is 58.4 Å². The monoisotopic (exact) mass is 375 g/mol. The average Bonchev–Trinajstić information content (AvgIpc) is 2.41. The first-order valence-corrected chi connectivity index (χ1v) is 15.5. The van der Waals surface area contributed by atoms with Gasteiger partial charge in [0, 0.05) is 13.2 Å². The lowest BCUT2D eigenvalue weighted by atomic mass is 10.2. The van der Waals surface area contributed by atoms with Crippen LogP contribution in [0.4, 0.5) is 0 Å². The van der Waals surface area contributed by atoms with Gasteiger partial charge >= 0.3 is 5.97 Å². The number of carbonyl (C=O) groups is 1. The van der Waals surface area contributed by atoms with E-state index in [0.717, 1.165) is 26.1 Å². The molecule has 0 N–H and O–H groups in total. The molecule has 0 fully saturated rings. The van der Waals surface area contributed by atoms with E-state index in [4.69, 9.17) is 9.16 Å².